The van der Waals surface area contributed by atoms with Crippen LogP contribution in [0.4, 0.5) is 8.78 Å². The molecular weight excluding hydrogens is 252 g/mol. The summed E-state index contributed by atoms with van der Waals surface area (Å²) in [6.07, 6.45) is -2.56. The summed E-state index contributed by atoms with van der Waals surface area (Å²) in [6, 6.07) is 10.8. The van der Waals surface area contributed by atoms with Crippen LogP contribution in [-0.4, -0.2) is 24.0 Å². The lowest BCUT2D eigenvalue weighted by Crippen LogP contribution is -2.10. The minimum Gasteiger partial charge on any atom is -0.486 e. The van der Waals surface area contributed by atoms with Gasteiger partial charge in [0.15, 0.2) is 0 Å². The molecule has 0 aliphatic carbocycles. The van der Waals surface area contributed by atoms with Gasteiger partial charge in [0.1, 0.15) is 12.4 Å². The van der Waals surface area contributed by atoms with Crippen LogP contribution in [0.1, 0.15) is 12.5 Å². The number of nitrogens with zero attached hydrogens (tertiary/aromatic N) is 1. The van der Waals surface area contributed by atoms with Crippen molar-refractivity contribution in [1.82, 2.24) is 0 Å². The number of alkyl halides is 2. The van der Waals surface area contributed by atoms with Crippen molar-refractivity contribution < 1.29 is 18.7 Å². The SMILES string of the molecule is C/C(=N\O)c1ccc2ccccc2c1OCC(F)F. The van der Waals surface area contributed by atoms with Crippen LogP contribution in [0.25, 0.3) is 10.8 Å². The average Bonchev–Trinajstić information content (AvgIpc) is 2.43. The maximum absolute atomic E-state index is 12.3. The van der Waals surface area contributed by atoms with Crippen molar-refractivity contribution in [3.63, 3.8) is 0 Å². The van der Waals surface area contributed by atoms with Crippen LogP contribution in [0.5, 0.6) is 5.75 Å². The third kappa shape index (κ3) is 2.81. The Morgan fingerprint density at radius 1 is 1.26 bits per heavy atom. The Morgan fingerprint density at radius 3 is 2.68 bits per heavy atom. The first-order chi connectivity index (χ1) is 9.13. The molecule has 0 aliphatic rings. The molecule has 2 aromatic rings. The maximum Gasteiger partial charge on any atom is 0.272 e. The van der Waals surface area contributed by atoms with E-state index in [2.05, 4.69) is 5.16 Å². The van der Waals surface area contributed by atoms with Gasteiger partial charge in [0, 0.05) is 10.9 Å². The van der Waals surface area contributed by atoms with E-state index < -0.39 is 13.0 Å². The highest BCUT2D eigenvalue weighted by molar-refractivity contribution is 6.06. The fraction of sp³-hybridized carbons (Fsp3) is 0.214. The van der Waals surface area contributed by atoms with Crippen molar-refractivity contribution in [2.24, 2.45) is 5.16 Å². The van der Waals surface area contributed by atoms with Crippen molar-refractivity contribution in [1.29, 1.82) is 0 Å². The highest BCUT2D eigenvalue weighted by Crippen LogP contribution is 2.30. The first-order valence-corrected chi connectivity index (χ1v) is 5.75. The molecule has 0 heterocycles. The second-order valence-electron chi connectivity index (χ2n) is 4.05. The van der Waals surface area contributed by atoms with Gasteiger partial charge in [-0.25, -0.2) is 8.78 Å². The van der Waals surface area contributed by atoms with Gasteiger partial charge in [-0.3, -0.25) is 0 Å². The Balaban J connectivity index is 2.58. The minimum atomic E-state index is -2.56. The van der Waals surface area contributed by atoms with Crippen molar-refractivity contribution in [3.05, 3.63) is 42.0 Å². The number of hydrogen-bond donors (Lipinski definition) is 1. The van der Waals surface area contributed by atoms with E-state index in [0.29, 0.717) is 22.4 Å². The second kappa shape index (κ2) is 5.65. The Bertz CT molecular complexity index is 611. The van der Waals surface area contributed by atoms with E-state index >= 15 is 0 Å². The zero-order valence-electron chi connectivity index (χ0n) is 10.3. The van der Waals surface area contributed by atoms with E-state index in [9.17, 15) is 8.78 Å². The maximum atomic E-state index is 12.3. The van der Waals surface area contributed by atoms with E-state index in [1.54, 1.807) is 25.1 Å². The molecule has 0 radical (unpaired) electrons. The number of halogens is 2. The summed E-state index contributed by atoms with van der Waals surface area (Å²) in [5, 5.41) is 13.5. The third-order valence-electron chi connectivity index (χ3n) is 2.77. The molecule has 0 saturated heterocycles. The topological polar surface area (TPSA) is 41.8 Å². The van der Waals surface area contributed by atoms with Crippen LogP contribution < -0.4 is 4.74 Å². The van der Waals surface area contributed by atoms with Gasteiger partial charge in [-0.2, -0.15) is 0 Å². The van der Waals surface area contributed by atoms with Crippen LogP contribution in [0.3, 0.4) is 0 Å². The summed E-state index contributed by atoms with van der Waals surface area (Å²) in [5.41, 5.74) is 0.817. The molecular formula is C14H13F2NO2. The smallest absolute Gasteiger partial charge is 0.272 e. The molecule has 3 nitrogen and oxygen atoms in total. The average molecular weight is 265 g/mol. The number of hydrogen-bond acceptors (Lipinski definition) is 3. The zero-order chi connectivity index (χ0) is 13.8. The number of ether oxygens (including phenoxy) is 1. The molecule has 100 valence electrons. The molecule has 0 aliphatic heterocycles. The summed E-state index contributed by atoms with van der Waals surface area (Å²) < 4.78 is 29.9. The van der Waals surface area contributed by atoms with Crippen LogP contribution >= 0.6 is 0 Å². The highest BCUT2D eigenvalue weighted by atomic mass is 19.3. The van der Waals surface area contributed by atoms with Gasteiger partial charge in [0.25, 0.3) is 6.43 Å². The van der Waals surface area contributed by atoms with E-state index in [1.807, 2.05) is 18.2 Å². The molecule has 0 aromatic heterocycles. The molecule has 19 heavy (non-hydrogen) atoms. The van der Waals surface area contributed by atoms with E-state index in [4.69, 9.17) is 9.94 Å². The fourth-order valence-electron chi connectivity index (χ4n) is 1.88. The van der Waals surface area contributed by atoms with Crippen molar-refractivity contribution in [3.8, 4) is 5.75 Å². The van der Waals surface area contributed by atoms with Crippen molar-refractivity contribution in [2.45, 2.75) is 13.3 Å². The second-order valence-corrected chi connectivity index (χ2v) is 4.05. The van der Waals surface area contributed by atoms with Crippen LogP contribution in [0.2, 0.25) is 0 Å². The van der Waals surface area contributed by atoms with Gasteiger partial charge in [0.05, 0.1) is 5.71 Å². The largest absolute Gasteiger partial charge is 0.486 e. The summed E-state index contributed by atoms with van der Waals surface area (Å²) in [4.78, 5) is 0. The van der Waals surface area contributed by atoms with Gasteiger partial charge < -0.3 is 9.94 Å². The van der Waals surface area contributed by atoms with Gasteiger partial charge in [0.2, 0.25) is 0 Å². The molecule has 0 amide bonds. The summed E-state index contributed by atoms with van der Waals surface area (Å²) in [6.45, 7) is 0.888. The summed E-state index contributed by atoms with van der Waals surface area (Å²) >= 11 is 0. The summed E-state index contributed by atoms with van der Waals surface area (Å²) in [5.74, 6) is 0.314. The lowest BCUT2D eigenvalue weighted by atomic mass is 10.0. The monoisotopic (exact) mass is 265 g/mol. The van der Waals surface area contributed by atoms with Gasteiger partial charge in [-0.15, -0.1) is 0 Å². The molecule has 0 spiro atoms. The normalized spacial score (nSPS) is 12.1. The van der Waals surface area contributed by atoms with E-state index in [0.717, 1.165) is 5.39 Å². The molecule has 0 bridgehead atoms. The molecule has 0 fully saturated rings. The molecule has 0 unspecified atom stereocenters. The Labute approximate surface area is 109 Å². The van der Waals surface area contributed by atoms with Crippen LogP contribution in [-0.2, 0) is 0 Å². The van der Waals surface area contributed by atoms with Crippen molar-refractivity contribution in [2.75, 3.05) is 6.61 Å². The van der Waals surface area contributed by atoms with Crippen molar-refractivity contribution >= 4 is 16.5 Å². The van der Waals surface area contributed by atoms with E-state index in [-0.39, 0.29) is 0 Å². The molecule has 1 N–H and O–H groups in total. The van der Waals surface area contributed by atoms with Gasteiger partial charge in [-0.05, 0) is 18.4 Å². The number of oxime groups is 1. The predicted molar refractivity (Wildman–Crippen MR) is 69.4 cm³/mol. The van der Waals surface area contributed by atoms with Crippen LogP contribution in [0, 0.1) is 0 Å². The van der Waals surface area contributed by atoms with E-state index in [1.165, 1.54) is 0 Å². The standard InChI is InChI=1S/C14H13F2NO2/c1-9(17-18)11-7-6-10-4-2-3-5-12(10)14(11)19-8-13(15)16/h2-7,13,18H,8H2,1H3/b17-9+. The van der Waals surface area contributed by atoms with Gasteiger partial charge >= 0.3 is 0 Å². The highest BCUT2D eigenvalue weighted by Gasteiger charge is 2.13. The molecule has 2 rings (SSSR count). The predicted octanol–water partition coefficient (Wildman–Crippen LogP) is 3.68. The van der Waals surface area contributed by atoms with Gasteiger partial charge in [-0.1, -0.05) is 35.5 Å². The Morgan fingerprint density at radius 2 is 2.00 bits per heavy atom. The lowest BCUT2D eigenvalue weighted by Gasteiger charge is -2.13. The molecule has 0 atom stereocenters. The zero-order valence-corrected chi connectivity index (χ0v) is 10.3. The molecule has 5 heteroatoms. The number of benzene rings is 2. The fourth-order valence-corrected chi connectivity index (χ4v) is 1.88. The number of fused-ring (bicyclic) bond motifs is 1. The first kappa shape index (κ1) is 13.3. The Hall–Kier alpha value is -2.17. The lowest BCUT2D eigenvalue weighted by molar-refractivity contribution is 0.0826. The first-order valence-electron chi connectivity index (χ1n) is 5.75. The van der Waals surface area contributed by atoms with Crippen LogP contribution in [0.15, 0.2) is 41.6 Å². The number of rotatable bonds is 4. The molecule has 2 aromatic carbocycles. The third-order valence-corrected chi connectivity index (χ3v) is 2.77. The Kier molecular flexibility index (Phi) is 3.94. The minimum absolute atomic E-state index is 0.314. The molecule has 0 saturated carbocycles. The quantitative estimate of drug-likeness (QED) is 0.520. The summed E-state index contributed by atoms with van der Waals surface area (Å²) in [7, 11) is 0.